The van der Waals surface area contributed by atoms with Crippen LogP contribution in [-0.4, -0.2) is 23.2 Å². The van der Waals surface area contributed by atoms with Crippen LogP contribution in [0.1, 0.15) is 50.4 Å². The highest BCUT2D eigenvalue weighted by Gasteiger charge is 2.33. The Hall–Kier alpha value is -5.02. The minimum absolute atomic E-state index is 0.00425. The SMILES string of the molecule is CCOC(=O)C1=C(C)N=c2s/c(=C\c3c(OCc4ccccc4F)ccc4ccccc34)c(=O)n2[C@H]1c1ccc(OC(C)C)cc1. The van der Waals surface area contributed by atoms with E-state index in [1.807, 2.05) is 74.5 Å². The number of rotatable bonds is 9. The average molecular weight is 637 g/mol. The van der Waals surface area contributed by atoms with E-state index in [0.717, 1.165) is 16.3 Å². The molecule has 0 bridgehead atoms. The summed E-state index contributed by atoms with van der Waals surface area (Å²) in [5.41, 5.74) is 2.31. The zero-order valence-electron chi connectivity index (χ0n) is 26.0. The van der Waals surface area contributed by atoms with Crippen LogP contribution in [0, 0.1) is 5.82 Å². The Morgan fingerprint density at radius 1 is 1.02 bits per heavy atom. The van der Waals surface area contributed by atoms with Gasteiger partial charge >= 0.3 is 5.97 Å². The number of allylic oxidation sites excluding steroid dienone is 1. The van der Waals surface area contributed by atoms with Gasteiger partial charge in [-0.15, -0.1) is 0 Å². The van der Waals surface area contributed by atoms with Crippen molar-refractivity contribution in [3.05, 3.63) is 138 Å². The summed E-state index contributed by atoms with van der Waals surface area (Å²) >= 11 is 1.23. The summed E-state index contributed by atoms with van der Waals surface area (Å²) in [6.45, 7) is 7.60. The maximum absolute atomic E-state index is 14.4. The second-order valence-electron chi connectivity index (χ2n) is 11.1. The number of thiazole rings is 1. The molecule has 6 rings (SSSR count). The van der Waals surface area contributed by atoms with Crippen molar-refractivity contribution in [2.24, 2.45) is 4.99 Å². The smallest absolute Gasteiger partial charge is 0.338 e. The van der Waals surface area contributed by atoms with Gasteiger partial charge in [0.05, 0.1) is 34.6 Å². The molecule has 0 saturated carbocycles. The molecule has 0 spiro atoms. The normalized spacial score (nSPS) is 14.7. The minimum atomic E-state index is -0.755. The number of benzene rings is 4. The number of fused-ring (bicyclic) bond motifs is 2. The van der Waals surface area contributed by atoms with Crippen LogP contribution < -0.4 is 24.4 Å². The van der Waals surface area contributed by atoms with Crippen molar-refractivity contribution >= 4 is 34.2 Å². The second kappa shape index (κ2) is 13.1. The molecule has 1 aromatic heterocycles. The van der Waals surface area contributed by atoms with Gasteiger partial charge in [0.1, 0.15) is 23.9 Å². The summed E-state index contributed by atoms with van der Waals surface area (Å²) in [7, 11) is 0. The topological polar surface area (TPSA) is 79.1 Å². The van der Waals surface area contributed by atoms with Crippen molar-refractivity contribution in [2.75, 3.05) is 6.61 Å². The Kier molecular flexibility index (Phi) is 8.85. The third-order valence-electron chi connectivity index (χ3n) is 7.63. The predicted octanol–water partition coefficient (Wildman–Crippen LogP) is 6.46. The third-order valence-corrected chi connectivity index (χ3v) is 8.61. The van der Waals surface area contributed by atoms with Gasteiger partial charge in [0.15, 0.2) is 4.80 Å². The number of carbonyl (C=O) groups is 1. The molecule has 4 aromatic carbocycles. The van der Waals surface area contributed by atoms with E-state index in [1.54, 1.807) is 42.7 Å². The van der Waals surface area contributed by atoms with Crippen LogP contribution in [0.4, 0.5) is 4.39 Å². The van der Waals surface area contributed by atoms with Crippen molar-refractivity contribution in [3.63, 3.8) is 0 Å². The molecule has 46 heavy (non-hydrogen) atoms. The van der Waals surface area contributed by atoms with E-state index in [0.29, 0.717) is 43.2 Å². The van der Waals surface area contributed by atoms with Gasteiger partial charge in [0.25, 0.3) is 5.56 Å². The maximum atomic E-state index is 14.4. The minimum Gasteiger partial charge on any atom is -0.491 e. The highest BCUT2D eigenvalue weighted by Crippen LogP contribution is 2.33. The standard InChI is InChI=1S/C37H33FN2O5S/c1-5-43-36(42)33-23(4)39-37-40(34(33)25-14-17-27(18-15-25)45-22(2)3)35(41)32(46-37)20-29-28-12-8-6-10-24(28)16-19-31(29)44-21-26-11-7-9-13-30(26)38/h6-20,22,34H,5,21H2,1-4H3/b32-20-/t34-/m0/s1. The molecule has 0 amide bonds. The Labute approximate surface area is 269 Å². The lowest BCUT2D eigenvalue weighted by molar-refractivity contribution is -0.139. The number of hydrogen-bond acceptors (Lipinski definition) is 7. The molecule has 0 aliphatic carbocycles. The summed E-state index contributed by atoms with van der Waals surface area (Å²) in [5, 5.41) is 1.84. The van der Waals surface area contributed by atoms with E-state index in [1.165, 1.54) is 17.4 Å². The molecular formula is C37H33FN2O5S. The summed E-state index contributed by atoms with van der Waals surface area (Å²) < 4.78 is 33.8. The summed E-state index contributed by atoms with van der Waals surface area (Å²) in [6.07, 6.45) is 1.79. The van der Waals surface area contributed by atoms with Crippen molar-refractivity contribution in [3.8, 4) is 11.5 Å². The van der Waals surface area contributed by atoms with Crippen LogP contribution in [0.3, 0.4) is 0 Å². The monoisotopic (exact) mass is 636 g/mol. The number of nitrogens with zero attached hydrogens (tertiary/aromatic N) is 2. The Morgan fingerprint density at radius 3 is 2.50 bits per heavy atom. The van der Waals surface area contributed by atoms with Gasteiger partial charge in [0, 0.05) is 11.1 Å². The molecule has 0 unspecified atom stereocenters. The maximum Gasteiger partial charge on any atom is 0.338 e. The van der Waals surface area contributed by atoms with Crippen LogP contribution >= 0.6 is 11.3 Å². The molecule has 1 atom stereocenters. The van der Waals surface area contributed by atoms with Gasteiger partial charge in [-0.3, -0.25) is 9.36 Å². The van der Waals surface area contributed by atoms with Crippen LogP contribution in [0.15, 0.2) is 106 Å². The van der Waals surface area contributed by atoms with Gasteiger partial charge in [-0.1, -0.05) is 72.0 Å². The van der Waals surface area contributed by atoms with Gasteiger partial charge < -0.3 is 14.2 Å². The van der Waals surface area contributed by atoms with Crippen molar-refractivity contribution in [2.45, 2.75) is 46.4 Å². The lowest BCUT2D eigenvalue weighted by Crippen LogP contribution is -2.39. The molecule has 0 N–H and O–H groups in total. The first-order valence-electron chi connectivity index (χ1n) is 15.1. The fourth-order valence-electron chi connectivity index (χ4n) is 5.56. The number of ether oxygens (including phenoxy) is 3. The number of esters is 1. The number of halogens is 1. The molecule has 9 heteroatoms. The highest BCUT2D eigenvalue weighted by molar-refractivity contribution is 7.07. The van der Waals surface area contributed by atoms with E-state index in [2.05, 4.69) is 0 Å². The van der Waals surface area contributed by atoms with Crippen molar-refractivity contribution < 1.29 is 23.4 Å². The summed E-state index contributed by atoms with van der Waals surface area (Å²) in [4.78, 5) is 32.8. The van der Waals surface area contributed by atoms with E-state index >= 15 is 0 Å². The van der Waals surface area contributed by atoms with Gasteiger partial charge in [-0.2, -0.15) is 0 Å². The highest BCUT2D eigenvalue weighted by atomic mass is 32.1. The van der Waals surface area contributed by atoms with E-state index in [4.69, 9.17) is 19.2 Å². The molecule has 5 aromatic rings. The van der Waals surface area contributed by atoms with Crippen LogP contribution in [-0.2, 0) is 16.1 Å². The molecule has 2 heterocycles. The molecular weight excluding hydrogens is 603 g/mol. The lowest BCUT2D eigenvalue weighted by atomic mass is 9.96. The fourth-order valence-corrected chi connectivity index (χ4v) is 6.59. The summed E-state index contributed by atoms with van der Waals surface area (Å²) in [6, 6.07) is 24.7. The molecule has 0 radical (unpaired) electrons. The zero-order chi connectivity index (χ0) is 32.4. The van der Waals surface area contributed by atoms with E-state index in [-0.39, 0.29) is 30.7 Å². The Bertz CT molecular complexity index is 2150. The predicted molar refractivity (Wildman–Crippen MR) is 177 cm³/mol. The Balaban J connectivity index is 1.51. The van der Waals surface area contributed by atoms with Gasteiger partial charge in [-0.05, 0) is 74.4 Å². The first-order valence-corrected chi connectivity index (χ1v) is 15.9. The number of hydrogen-bond donors (Lipinski definition) is 0. The van der Waals surface area contributed by atoms with Crippen LogP contribution in [0.5, 0.6) is 11.5 Å². The number of carbonyl (C=O) groups excluding carboxylic acids is 1. The number of aromatic nitrogens is 1. The molecule has 234 valence electrons. The molecule has 1 aliphatic heterocycles. The zero-order valence-corrected chi connectivity index (χ0v) is 26.8. The lowest BCUT2D eigenvalue weighted by Gasteiger charge is -2.25. The first-order chi connectivity index (χ1) is 22.2. The van der Waals surface area contributed by atoms with Crippen LogP contribution in [0.25, 0.3) is 16.8 Å². The van der Waals surface area contributed by atoms with E-state index < -0.39 is 12.0 Å². The van der Waals surface area contributed by atoms with Crippen molar-refractivity contribution in [1.82, 2.24) is 4.57 Å². The average Bonchev–Trinajstić information content (AvgIpc) is 3.34. The quantitative estimate of drug-likeness (QED) is 0.174. The fraction of sp³-hybridized carbons (Fsp3) is 0.216. The molecule has 1 aliphatic rings. The van der Waals surface area contributed by atoms with Gasteiger partial charge in [0.2, 0.25) is 0 Å². The first kappa shape index (κ1) is 31.0. The van der Waals surface area contributed by atoms with Crippen molar-refractivity contribution in [1.29, 1.82) is 0 Å². The Morgan fingerprint density at radius 2 is 1.76 bits per heavy atom. The third kappa shape index (κ3) is 6.10. The summed E-state index contributed by atoms with van der Waals surface area (Å²) in [5.74, 6) is 0.315. The largest absolute Gasteiger partial charge is 0.491 e. The molecule has 7 nitrogen and oxygen atoms in total. The van der Waals surface area contributed by atoms with Crippen LogP contribution in [0.2, 0.25) is 0 Å². The van der Waals surface area contributed by atoms with E-state index in [9.17, 15) is 14.0 Å². The molecule has 0 saturated heterocycles. The second-order valence-corrected chi connectivity index (χ2v) is 12.1. The molecule has 0 fully saturated rings. The van der Waals surface area contributed by atoms with Gasteiger partial charge in [-0.25, -0.2) is 14.2 Å².